The summed E-state index contributed by atoms with van der Waals surface area (Å²) < 4.78 is 139. The number of aromatic nitrogens is 7. The molecule has 12 aromatic rings. The zero-order valence-corrected chi connectivity index (χ0v) is 67.5. The van der Waals surface area contributed by atoms with Gasteiger partial charge in [0.1, 0.15) is 3.70 Å². The van der Waals surface area contributed by atoms with E-state index in [9.17, 15) is 39.5 Å². The van der Waals surface area contributed by atoms with Crippen molar-refractivity contribution >= 4 is 83.8 Å². The summed E-state index contributed by atoms with van der Waals surface area (Å²) in [6, 6.07) is 37.4. The Morgan fingerprint density at radius 1 is 0.472 bits per heavy atom. The number of benzene rings is 7. The highest BCUT2D eigenvalue weighted by Gasteiger charge is 2.53. The van der Waals surface area contributed by atoms with Gasteiger partial charge < -0.3 is 24.3 Å². The van der Waals surface area contributed by atoms with E-state index < -0.39 is 46.3 Å². The summed E-state index contributed by atoms with van der Waals surface area (Å²) in [5.41, 5.74) is 17.7. The van der Waals surface area contributed by atoms with E-state index in [1.165, 1.54) is 67.2 Å². The molecule has 1 fully saturated rings. The molecule has 0 unspecified atom stereocenters. The Balaban J connectivity index is 0.000000148. The molecule has 3 aliphatic rings. The van der Waals surface area contributed by atoms with Crippen molar-refractivity contribution in [2.45, 2.75) is 203 Å². The first-order valence-electron chi connectivity index (χ1n) is 36.5. The molecule has 0 aliphatic carbocycles. The second-order valence-corrected chi connectivity index (χ2v) is 32.3. The lowest BCUT2D eigenvalue weighted by molar-refractivity contribution is -0.143. The number of fused-ring (bicyclic) bond motifs is 5. The number of alkyl halides is 9. The van der Waals surface area contributed by atoms with Gasteiger partial charge >= 0.3 is 25.6 Å². The van der Waals surface area contributed by atoms with Crippen LogP contribution in [0.5, 0.6) is 0 Å². The lowest BCUT2D eigenvalue weighted by Crippen LogP contribution is -2.41. The van der Waals surface area contributed by atoms with Crippen molar-refractivity contribution < 1.29 is 48.8 Å². The molecule has 23 heteroatoms. The van der Waals surface area contributed by atoms with Crippen LogP contribution in [0.2, 0.25) is 0 Å². The van der Waals surface area contributed by atoms with Crippen LogP contribution in [-0.2, 0) is 90.8 Å². The Morgan fingerprint density at radius 3 is 1.38 bits per heavy atom. The highest BCUT2D eigenvalue weighted by molar-refractivity contribution is 14.1. The standard InChI is InChI=1S/C35H37F3N4.C26H26F6IN3.C15H20BNO2.C9H8BrN/c1-7-23-11-9-12-24(8-2)31(23)42-32(27-13-10-14-29-30(27)22(4)18-39-29)28-20-41(34(5,6)33(28)40-42)19-25-15-16-26(17-21(25)3)35(36,37)38;1-5-15-8-7-9-16(6-2)21(15)36-23(33)19-14-35(24(3,4)22(19)34-36)13-17-10-11-18(25(27,28)29)12-20(17)26(30,31)32;1-10-9-17-12-8-6-7-11(13(10)12)16-18-14(2,3)15(4,5)19-16;1-6-5-11-8-4-2-3-7(10)9(6)8/h9-18,39H,7-8,19-20H2,1-6H3;7-12H,5-6,13-14H2,1-4H3;6-9,17H,1-5H3;2-5,11H,1H3. The zero-order chi connectivity index (χ0) is 78.3. The molecule has 0 spiro atoms. The third-order valence-electron chi connectivity index (χ3n) is 22.3. The van der Waals surface area contributed by atoms with Gasteiger partial charge in [0.05, 0.1) is 67.4 Å². The number of halogens is 11. The number of para-hydroxylation sites is 2. The smallest absolute Gasteiger partial charge is 0.399 e. The Bertz CT molecular complexity index is 5280. The second-order valence-electron chi connectivity index (χ2n) is 30.4. The first-order chi connectivity index (χ1) is 50.8. The summed E-state index contributed by atoms with van der Waals surface area (Å²) in [7, 11) is -0.303. The third-order valence-corrected chi connectivity index (χ3v) is 24.1. The van der Waals surface area contributed by atoms with Crippen LogP contribution in [-0.4, -0.2) is 62.6 Å². The maximum atomic E-state index is 13.7. The molecule has 3 aliphatic heterocycles. The van der Waals surface area contributed by atoms with Gasteiger partial charge in [-0.2, -0.15) is 49.7 Å². The number of nitrogens with one attached hydrogen (secondary N) is 3. The predicted octanol–water partition coefficient (Wildman–Crippen LogP) is 22.9. The average Bonchev–Trinajstić information content (AvgIpc) is 1.56. The van der Waals surface area contributed by atoms with E-state index in [0.29, 0.717) is 31.3 Å². The molecule has 15 rings (SSSR count). The lowest BCUT2D eigenvalue weighted by Gasteiger charge is -2.32. The molecule has 108 heavy (non-hydrogen) atoms. The summed E-state index contributed by atoms with van der Waals surface area (Å²) in [5.74, 6) is 0. The van der Waals surface area contributed by atoms with Gasteiger partial charge in [0.25, 0.3) is 0 Å². The molecule has 0 bridgehead atoms. The van der Waals surface area contributed by atoms with E-state index in [4.69, 9.17) is 19.5 Å². The van der Waals surface area contributed by atoms with Crippen LogP contribution in [0.15, 0.2) is 150 Å². The van der Waals surface area contributed by atoms with Gasteiger partial charge in [-0.1, -0.05) is 122 Å². The van der Waals surface area contributed by atoms with Crippen molar-refractivity contribution in [1.82, 2.24) is 44.3 Å². The molecule has 568 valence electrons. The first kappa shape index (κ1) is 79.6. The van der Waals surface area contributed by atoms with Crippen molar-refractivity contribution in [3.63, 3.8) is 0 Å². The van der Waals surface area contributed by atoms with E-state index in [0.717, 1.165) is 113 Å². The summed E-state index contributed by atoms with van der Waals surface area (Å²) >= 11 is 5.74. The van der Waals surface area contributed by atoms with Crippen LogP contribution >= 0.6 is 38.5 Å². The molecule has 8 heterocycles. The van der Waals surface area contributed by atoms with Crippen molar-refractivity contribution in [3.8, 4) is 22.6 Å². The first-order valence-corrected chi connectivity index (χ1v) is 38.4. The lowest BCUT2D eigenvalue weighted by atomic mass is 9.76. The summed E-state index contributed by atoms with van der Waals surface area (Å²) in [6.07, 6.45) is -4.57. The largest absolute Gasteiger partial charge is 0.495 e. The van der Waals surface area contributed by atoms with E-state index in [2.05, 4.69) is 232 Å². The quantitative estimate of drug-likeness (QED) is 0.0639. The van der Waals surface area contributed by atoms with Crippen molar-refractivity contribution in [2.75, 3.05) is 0 Å². The molecule has 5 aromatic heterocycles. The van der Waals surface area contributed by atoms with Gasteiger partial charge in [0.15, 0.2) is 0 Å². The van der Waals surface area contributed by atoms with Gasteiger partial charge in [-0.15, -0.1) is 0 Å². The minimum absolute atomic E-state index is 0.155. The van der Waals surface area contributed by atoms with Crippen molar-refractivity contribution in [2.24, 2.45) is 0 Å². The van der Waals surface area contributed by atoms with Crippen LogP contribution in [0.25, 0.3) is 55.3 Å². The van der Waals surface area contributed by atoms with E-state index in [-0.39, 0.29) is 36.5 Å². The molecule has 11 nitrogen and oxygen atoms in total. The number of H-pyrrole nitrogens is 3. The average molecular weight is 1660 g/mol. The topological polar surface area (TPSA) is 108 Å². The Labute approximate surface area is 647 Å². The van der Waals surface area contributed by atoms with Crippen molar-refractivity contribution in [1.29, 1.82) is 0 Å². The molecule has 0 radical (unpaired) electrons. The van der Waals surface area contributed by atoms with E-state index >= 15 is 0 Å². The molecule has 0 amide bonds. The molecular formula is C85H91BBrF9IN9O2. The summed E-state index contributed by atoms with van der Waals surface area (Å²) in [4.78, 5) is 14.1. The Hall–Kier alpha value is -7.94. The molecular weight excluding hydrogens is 1570 g/mol. The maximum Gasteiger partial charge on any atom is 0.495 e. The SMILES string of the molecule is CCc1cccc(CC)c1-n1nc2c(c1-c1cccc3[nH]cc(C)c13)CN(Cc1ccc(C(F)(F)F)cc1C)C2(C)C.CCc1cccc(CC)c1-n1nc2c(c1I)CN(Cc1ccc(C(F)(F)F)cc1C(F)(F)F)C2(C)C.Cc1c[nH]c2cccc(B3OC(C)(C)C(C)(C)O3)c12.Cc1c[nH]c2cccc(Br)c12. The fourth-order valence-corrected chi connectivity index (χ4v) is 16.8. The Kier molecular flexibility index (Phi) is 22.1. The van der Waals surface area contributed by atoms with Gasteiger partial charge in [-0.25, -0.2) is 9.36 Å². The van der Waals surface area contributed by atoms with Gasteiger partial charge in [-0.05, 0) is 241 Å². The van der Waals surface area contributed by atoms with Gasteiger partial charge in [0.2, 0.25) is 0 Å². The van der Waals surface area contributed by atoms with Crippen LogP contribution < -0.4 is 5.46 Å². The number of nitrogens with zero attached hydrogens (tertiary/aromatic N) is 6. The minimum atomic E-state index is -4.90. The monoisotopic (exact) mass is 1660 g/mol. The van der Waals surface area contributed by atoms with Crippen LogP contribution in [0, 0.1) is 31.4 Å². The fourth-order valence-electron chi connectivity index (χ4n) is 15.3. The predicted molar refractivity (Wildman–Crippen MR) is 426 cm³/mol. The molecule has 7 aromatic carbocycles. The molecule has 0 atom stereocenters. The minimum Gasteiger partial charge on any atom is -0.399 e. The van der Waals surface area contributed by atoms with E-state index in [1.807, 2.05) is 54.0 Å². The summed E-state index contributed by atoms with van der Waals surface area (Å²) in [5, 5.41) is 14.0. The van der Waals surface area contributed by atoms with Gasteiger partial charge in [0, 0.05) is 98.6 Å². The van der Waals surface area contributed by atoms with Gasteiger partial charge in [-0.3, -0.25) is 9.80 Å². The molecule has 1 saturated heterocycles. The molecule has 3 N–H and O–H groups in total. The number of rotatable bonds is 12. The Morgan fingerprint density at radius 2 is 0.889 bits per heavy atom. The van der Waals surface area contributed by atoms with E-state index in [1.54, 1.807) is 13.0 Å². The highest BCUT2D eigenvalue weighted by Crippen LogP contribution is 2.49. The highest BCUT2D eigenvalue weighted by atomic mass is 127. The van der Waals surface area contributed by atoms with Crippen LogP contribution in [0.1, 0.15) is 178 Å². The van der Waals surface area contributed by atoms with Crippen molar-refractivity contribution in [3.05, 3.63) is 249 Å². The number of aryl methyl sites for hydroxylation is 8. The molecule has 0 saturated carbocycles. The second kappa shape index (κ2) is 30.0. The number of hydrogen-bond acceptors (Lipinski definition) is 6. The summed E-state index contributed by atoms with van der Waals surface area (Å²) in [6.45, 7) is 34.4. The normalized spacial score (nSPS) is 16.0. The zero-order valence-electron chi connectivity index (χ0n) is 63.7. The fraction of sp³-hybridized carbons (Fsp3) is 0.365. The van der Waals surface area contributed by atoms with Crippen LogP contribution in [0.4, 0.5) is 39.5 Å². The third kappa shape index (κ3) is 15.0. The van der Waals surface area contributed by atoms with Crippen LogP contribution in [0.3, 0.4) is 0 Å². The number of aromatic amines is 3. The maximum absolute atomic E-state index is 13.7. The number of hydrogen-bond donors (Lipinski definition) is 3.